The third-order valence-corrected chi connectivity index (χ3v) is 8.33. The summed E-state index contributed by atoms with van der Waals surface area (Å²) < 4.78 is 22.8. The number of carboxylic acid groups (broad SMARTS) is 1. The molecule has 2 bridgehead atoms. The summed E-state index contributed by atoms with van der Waals surface area (Å²) in [6.45, 7) is 13.6. The first-order valence-corrected chi connectivity index (χ1v) is 15.0. The van der Waals surface area contributed by atoms with Crippen molar-refractivity contribution in [2.75, 3.05) is 0 Å². The van der Waals surface area contributed by atoms with Crippen molar-refractivity contribution in [3.05, 3.63) is 60.2 Å². The second-order valence-corrected chi connectivity index (χ2v) is 12.0. The van der Waals surface area contributed by atoms with Gasteiger partial charge in [-0.25, -0.2) is 9.59 Å². The Kier molecular flexibility index (Phi) is 12.1. The predicted octanol–water partition coefficient (Wildman–Crippen LogP) is 3.97. The van der Waals surface area contributed by atoms with Gasteiger partial charge in [-0.1, -0.05) is 77.1 Å². The van der Waals surface area contributed by atoms with E-state index in [1.165, 1.54) is 13.0 Å². The minimum Gasteiger partial charge on any atom is -0.479 e. The Bertz CT molecular complexity index is 1150. The predicted molar refractivity (Wildman–Crippen MR) is 158 cm³/mol. The van der Waals surface area contributed by atoms with Gasteiger partial charge in [0.15, 0.2) is 18.0 Å². The third-order valence-electron chi connectivity index (χ3n) is 8.33. The Balaban J connectivity index is 1.76. The lowest BCUT2D eigenvalue weighted by atomic mass is 9.88. The van der Waals surface area contributed by atoms with Crippen molar-refractivity contribution >= 4 is 17.9 Å². The van der Waals surface area contributed by atoms with Crippen LogP contribution in [0.4, 0.5) is 0 Å². The normalized spacial score (nSPS) is 29.4. The average Bonchev–Trinajstić information content (AvgIpc) is 3.18. The van der Waals surface area contributed by atoms with Crippen LogP contribution in [-0.2, 0) is 39.8 Å². The van der Waals surface area contributed by atoms with Crippen molar-refractivity contribution in [2.45, 2.75) is 109 Å². The molecular weight excluding hydrogens is 556 g/mol. The number of aliphatic hydroxyl groups is 2. The van der Waals surface area contributed by atoms with E-state index in [0.29, 0.717) is 17.9 Å². The Morgan fingerprint density at radius 1 is 1.12 bits per heavy atom. The largest absolute Gasteiger partial charge is 0.479 e. The van der Waals surface area contributed by atoms with Crippen LogP contribution < -0.4 is 0 Å². The molecule has 2 heterocycles. The number of aliphatic carboxylic acids is 1. The van der Waals surface area contributed by atoms with Crippen LogP contribution in [0.3, 0.4) is 0 Å². The van der Waals surface area contributed by atoms with E-state index in [1.54, 1.807) is 6.08 Å². The molecule has 0 spiro atoms. The number of ether oxygens (including phenoxy) is 4. The van der Waals surface area contributed by atoms with Crippen LogP contribution in [0, 0.1) is 17.8 Å². The zero-order chi connectivity index (χ0) is 31.9. The molecule has 0 aliphatic carbocycles. The maximum Gasteiger partial charge on any atom is 0.335 e. The highest BCUT2D eigenvalue weighted by atomic mass is 16.8. The van der Waals surface area contributed by atoms with Crippen molar-refractivity contribution in [1.29, 1.82) is 0 Å². The highest BCUT2D eigenvalue weighted by Crippen LogP contribution is 2.45. The average molecular weight is 603 g/mol. The SMILES string of the molecule is C=C(CC[C@@]12O[C@@H]([C@@H](O)[C@H](C(=O)O)O1)[C@H](OC(=O)/C=C/[C@@H](C)C[C@@H](C)CC)[C@H]2O)[C@@H](OC(C)=O)[C@H](C)Cc1ccccc1. The maximum atomic E-state index is 12.7. The van der Waals surface area contributed by atoms with E-state index in [2.05, 4.69) is 20.4 Å². The number of carbonyl (C=O) groups is 3. The number of aliphatic hydroxyl groups excluding tert-OH is 2. The van der Waals surface area contributed by atoms with Crippen molar-refractivity contribution in [1.82, 2.24) is 0 Å². The lowest BCUT2D eigenvalue weighted by Crippen LogP contribution is -2.56. The van der Waals surface area contributed by atoms with Crippen LogP contribution in [0.1, 0.15) is 65.9 Å². The summed E-state index contributed by atoms with van der Waals surface area (Å²) in [5.41, 5.74) is 1.57. The maximum absolute atomic E-state index is 12.7. The van der Waals surface area contributed by atoms with Crippen molar-refractivity contribution in [3.8, 4) is 0 Å². The van der Waals surface area contributed by atoms with Gasteiger partial charge in [0.05, 0.1) is 0 Å². The Hall–Kier alpha value is -3.05. The first-order valence-electron chi connectivity index (χ1n) is 15.0. The molecule has 238 valence electrons. The molecule has 10 heteroatoms. The topological polar surface area (TPSA) is 149 Å². The van der Waals surface area contributed by atoms with Gasteiger partial charge in [0.1, 0.15) is 24.4 Å². The van der Waals surface area contributed by atoms with Crippen molar-refractivity contribution in [3.63, 3.8) is 0 Å². The van der Waals surface area contributed by atoms with E-state index in [4.69, 9.17) is 18.9 Å². The number of hydrogen-bond acceptors (Lipinski definition) is 9. The minimum absolute atomic E-state index is 0.0916. The molecule has 1 aromatic carbocycles. The van der Waals surface area contributed by atoms with E-state index in [9.17, 15) is 29.7 Å². The molecule has 0 amide bonds. The summed E-state index contributed by atoms with van der Waals surface area (Å²) in [4.78, 5) is 36.7. The molecule has 0 aromatic heterocycles. The molecular formula is C33H46O10. The van der Waals surface area contributed by atoms with Crippen molar-refractivity contribution < 1.29 is 48.7 Å². The molecule has 2 aliphatic heterocycles. The molecule has 10 nitrogen and oxygen atoms in total. The van der Waals surface area contributed by atoms with E-state index >= 15 is 0 Å². The van der Waals surface area contributed by atoms with Crippen LogP contribution in [0.15, 0.2) is 54.6 Å². The number of carboxylic acids is 1. The van der Waals surface area contributed by atoms with Gasteiger partial charge in [0.25, 0.3) is 0 Å². The molecule has 0 unspecified atom stereocenters. The molecule has 3 rings (SSSR count). The van der Waals surface area contributed by atoms with Crippen LogP contribution in [-0.4, -0.2) is 75.6 Å². The van der Waals surface area contributed by atoms with Gasteiger partial charge in [-0.2, -0.15) is 0 Å². The number of benzene rings is 1. The fourth-order valence-corrected chi connectivity index (χ4v) is 5.86. The second kappa shape index (κ2) is 15.1. The van der Waals surface area contributed by atoms with E-state index in [-0.39, 0.29) is 24.7 Å². The first kappa shape index (κ1) is 34.4. The smallest absolute Gasteiger partial charge is 0.335 e. The fourth-order valence-electron chi connectivity index (χ4n) is 5.86. The van der Waals surface area contributed by atoms with Gasteiger partial charge in [-0.05, 0) is 42.2 Å². The summed E-state index contributed by atoms with van der Waals surface area (Å²) in [5.74, 6) is -4.14. The fraction of sp³-hybridized carbons (Fsp3) is 0.606. The van der Waals surface area contributed by atoms with Gasteiger partial charge >= 0.3 is 17.9 Å². The zero-order valence-corrected chi connectivity index (χ0v) is 25.7. The standard InChI is InChI=1S/C33H46O10/c1-7-19(2)17-20(3)13-14-25(35)41-30-28-26(36)29(32(38)39)43-33(42-28,31(30)37)16-15-21(4)27(40-23(6)34)22(5)18-24-11-9-8-10-12-24/h8-14,19-20,22,26-31,36-37H,4,7,15-18H2,1-3,5-6H3,(H,38,39)/b14-13+/t19-,20+,22+,26+,27+,28-,29+,30-,31+,33+/m0/s1. The summed E-state index contributed by atoms with van der Waals surface area (Å²) in [6, 6.07) is 9.71. The first-order chi connectivity index (χ1) is 20.3. The molecule has 43 heavy (non-hydrogen) atoms. The van der Waals surface area contributed by atoms with Gasteiger partial charge in [0, 0.05) is 25.3 Å². The van der Waals surface area contributed by atoms with Crippen LogP contribution >= 0.6 is 0 Å². The molecule has 0 radical (unpaired) electrons. The van der Waals surface area contributed by atoms with E-state index < -0.39 is 60.3 Å². The summed E-state index contributed by atoms with van der Waals surface area (Å²) in [6.07, 6.45) is -2.89. The van der Waals surface area contributed by atoms with Gasteiger partial charge in [-0.3, -0.25) is 4.79 Å². The third kappa shape index (κ3) is 8.75. The summed E-state index contributed by atoms with van der Waals surface area (Å²) >= 11 is 0. The lowest BCUT2D eigenvalue weighted by Gasteiger charge is -2.40. The Labute approximate surface area is 253 Å². The van der Waals surface area contributed by atoms with Gasteiger partial charge < -0.3 is 34.3 Å². The second-order valence-electron chi connectivity index (χ2n) is 12.0. The zero-order valence-electron chi connectivity index (χ0n) is 25.7. The molecule has 1 aromatic rings. The van der Waals surface area contributed by atoms with Crippen molar-refractivity contribution in [2.24, 2.45) is 17.8 Å². The molecule has 2 aliphatic rings. The molecule has 0 saturated carbocycles. The highest BCUT2D eigenvalue weighted by Gasteiger charge is 2.66. The van der Waals surface area contributed by atoms with E-state index in [0.717, 1.165) is 18.4 Å². The quantitative estimate of drug-likeness (QED) is 0.153. The van der Waals surface area contributed by atoms with Crippen LogP contribution in [0.25, 0.3) is 0 Å². The summed E-state index contributed by atoms with van der Waals surface area (Å²) in [5, 5.41) is 31.8. The number of esters is 2. The molecule has 2 saturated heterocycles. The number of hydrogen-bond donors (Lipinski definition) is 3. The molecule has 3 N–H and O–H groups in total. The Morgan fingerprint density at radius 3 is 2.40 bits per heavy atom. The van der Waals surface area contributed by atoms with Gasteiger partial charge in [-0.15, -0.1) is 0 Å². The lowest BCUT2D eigenvalue weighted by molar-refractivity contribution is -0.332. The molecule has 10 atom stereocenters. The van der Waals surface area contributed by atoms with Crippen LogP contribution in [0.5, 0.6) is 0 Å². The number of rotatable bonds is 15. The highest BCUT2D eigenvalue weighted by molar-refractivity contribution is 5.82. The summed E-state index contributed by atoms with van der Waals surface area (Å²) in [7, 11) is 0. The van der Waals surface area contributed by atoms with Gasteiger partial charge in [0.2, 0.25) is 0 Å². The number of fused-ring (bicyclic) bond motifs is 2. The Morgan fingerprint density at radius 2 is 1.79 bits per heavy atom. The number of carbonyl (C=O) groups excluding carboxylic acids is 2. The minimum atomic E-state index is -1.90. The number of allylic oxidation sites excluding steroid dienone is 1. The monoisotopic (exact) mass is 602 g/mol. The van der Waals surface area contributed by atoms with Crippen LogP contribution in [0.2, 0.25) is 0 Å². The molecule has 2 fully saturated rings. The van der Waals surface area contributed by atoms with E-state index in [1.807, 2.05) is 44.2 Å².